The van der Waals surface area contributed by atoms with Crippen molar-refractivity contribution < 1.29 is 14.2 Å². The van der Waals surface area contributed by atoms with Crippen LogP contribution in [0.2, 0.25) is 0 Å². The van der Waals surface area contributed by atoms with Gasteiger partial charge in [0.25, 0.3) is 0 Å². The minimum absolute atomic E-state index is 0.419. The van der Waals surface area contributed by atoms with Crippen molar-refractivity contribution in [3.05, 3.63) is 24.3 Å². The Morgan fingerprint density at radius 1 is 1.21 bits per heavy atom. The lowest BCUT2D eigenvalue weighted by Crippen LogP contribution is -2.38. The average Bonchev–Trinajstić information content (AvgIpc) is 2.45. The van der Waals surface area contributed by atoms with Crippen molar-refractivity contribution >= 4 is 5.69 Å². The first-order chi connectivity index (χ1) is 9.06. The van der Waals surface area contributed by atoms with Crippen LogP contribution >= 0.6 is 0 Å². The Hall–Kier alpha value is -1.77. The van der Waals surface area contributed by atoms with Crippen LogP contribution in [0.1, 0.15) is 13.3 Å². The summed E-state index contributed by atoms with van der Waals surface area (Å²) >= 11 is 0. The molecule has 0 spiro atoms. The molecule has 0 saturated carbocycles. The van der Waals surface area contributed by atoms with Gasteiger partial charge in [-0.1, -0.05) is 0 Å². The number of ether oxygens (including phenoxy) is 3. The third kappa shape index (κ3) is 4.43. The molecule has 0 aliphatic rings. The molecule has 0 heterocycles. The Morgan fingerprint density at radius 3 is 2.21 bits per heavy atom. The van der Waals surface area contributed by atoms with Gasteiger partial charge in [-0.15, -0.1) is 0 Å². The van der Waals surface area contributed by atoms with E-state index in [0.29, 0.717) is 6.42 Å². The maximum absolute atomic E-state index is 9.34. The van der Waals surface area contributed by atoms with E-state index in [0.717, 1.165) is 11.4 Å². The van der Waals surface area contributed by atoms with Crippen LogP contribution in [0, 0.1) is 11.3 Å². The van der Waals surface area contributed by atoms with Crippen molar-refractivity contribution in [2.24, 2.45) is 0 Å². The highest BCUT2D eigenvalue weighted by Gasteiger charge is 2.28. The fourth-order valence-corrected chi connectivity index (χ4v) is 1.71. The van der Waals surface area contributed by atoms with Crippen molar-refractivity contribution in [3.63, 3.8) is 0 Å². The van der Waals surface area contributed by atoms with Crippen molar-refractivity contribution in [2.45, 2.75) is 25.2 Å². The fraction of sp³-hybridized carbons (Fsp3) is 0.500. The molecule has 5 heteroatoms. The van der Waals surface area contributed by atoms with Gasteiger partial charge in [-0.2, -0.15) is 5.26 Å². The van der Waals surface area contributed by atoms with Crippen molar-refractivity contribution in [1.82, 2.24) is 0 Å². The number of nitrogens with one attached hydrogen (secondary N) is 1. The standard InChI is InChI=1S/C14H20N2O3/c1-14(10-15,9-13(18-3)19-4)16-11-5-7-12(17-2)8-6-11/h5-8,13,16H,9H2,1-4H3. The summed E-state index contributed by atoms with van der Waals surface area (Å²) in [6.07, 6.45) is -0.00175. The minimum Gasteiger partial charge on any atom is -0.497 e. The van der Waals surface area contributed by atoms with Crippen LogP contribution in [0.5, 0.6) is 5.75 Å². The van der Waals surface area contributed by atoms with Gasteiger partial charge in [0.2, 0.25) is 0 Å². The van der Waals surface area contributed by atoms with Gasteiger partial charge in [0, 0.05) is 26.3 Å². The molecule has 104 valence electrons. The molecule has 0 radical (unpaired) electrons. The van der Waals surface area contributed by atoms with Gasteiger partial charge in [0.1, 0.15) is 11.3 Å². The van der Waals surface area contributed by atoms with E-state index >= 15 is 0 Å². The minimum atomic E-state index is -0.773. The average molecular weight is 264 g/mol. The van der Waals surface area contributed by atoms with E-state index < -0.39 is 11.8 Å². The Bertz CT molecular complexity index is 423. The van der Waals surface area contributed by atoms with E-state index in [4.69, 9.17) is 14.2 Å². The smallest absolute Gasteiger partial charge is 0.160 e. The number of hydrogen-bond acceptors (Lipinski definition) is 5. The highest BCUT2D eigenvalue weighted by atomic mass is 16.7. The van der Waals surface area contributed by atoms with Crippen LogP contribution in [0.15, 0.2) is 24.3 Å². The van der Waals surface area contributed by atoms with E-state index in [9.17, 15) is 5.26 Å². The van der Waals surface area contributed by atoms with Crippen LogP contribution < -0.4 is 10.1 Å². The fourth-order valence-electron chi connectivity index (χ4n) is 1.71. The predicted molar refractivity (Wildman–Crippen MR) is 73.1 cm³/mol. The van der Waals surface area contributed by atoms with E-state index in [1.807, 2.05) is 31.2 Å². The Kier molecular flexibility index (Phi) is 5.61. The number of benzene rings is 1. The molecule has 1 aromatic carbocycles. The molecule has 1 N–H and O–H groups in total. The number of hydrogen-bond donors (Lipinski definition) is 1. The van der Waals surface area contributed by atoms with Gasteiger partial charge in [-0.05, 0) is 31.2 Å². The normalized spacial score (nSPS) is 13.7. The van der Waals surface area contributed by atoms with E-state index in [2.05, 4.69) is 11.4 Å². The summed E-state index contributed by atoms with van der Waals surface area (Å²) in [5.74, 6) is 0.774. The molecule has 0 amide bonds. The summed E-state index contributed by atoms with van der Waals surface area (Å²) in [4.78, 5) is 0. The summed E-state index contributed by atoms with van der Waals surface area (Å²) < 4.78 is 15.4. The van der Waals surface area contributed by atoms with Crippen LogP contribution in [0.3, 0.4) is 0 Å². The molecule has 19 heavy (non-hydrogen) atoms. The van der Waals surface area contributed by atoms with E-state index in [1.165, 1.54) is 0 Å². The molecule has 1 rings (SSSR count). The number of methoxy groups -OCH3 is 3. The largest absolute Gasteiger partial charge is 0.497 e. The highest BCUT2D eigenvalue weighted by molar-refractivity contribution is 5.49. The lowest BCUT2D eigenvalue weighted by Gasteiger charge is -2.27. The molecule has 0 saturated heterocycles. The zero-order valence-electron chi connectivity index (χ0n) is 11.8. The highest BCUT2D eigenvalue weighted by Crippen LogP contribution is 2.22. The summed E-state index contributed by atoms with van der Waals surface area (Å²) in [6, 6.07) is 9.66. The molecule has 0 bridgehead atoms. The molecule has 0 aliphatic carbocycles. The summed E-state index contributed by atoms with van der Waals surface area (Å²) in [6.45, 7) is 1.81. The van der Waals surface area contributed by atoms with Gasteiger partial charge in [-0.25, -0.2) is 0 Å². The van der Waals surface area contributed by atoms with Gasteiger partial charge < -0.3 is 19.5 Å². The summed E-state index contributed by atoms with van der Waals surface area (Å²) in [7, 11) is 4.72. The lowest BCUT2D eigenvalue weighted by molar-refractivity contribution is -0.110. The first kappa shape index (κ1) is 15.3. The Labute approximate surface area is 114 Å². The topological polar surface area (TPSA) is 63.5 Å². The van der Waals surface area contributed by atoms with Gasteiger partial charge in [0.15, 0.2) is 6.29 Å². The first-order valence-electron chi connectivity index (χ1n) is 5.96. The van der Waals surface area contributed by atoms with Crippen molar-refractivity contribution in [1.29, 1.82) is 5.26 Å². The molecule has 1 atom stereocenters. The quantitative estimate of drug-likeness (QED) is 0.766. The van der Waals surface area contributed by atoms with Crippen molar-refractivity contribution in [3.8, 4) is 11.8 Å². The Morgan fingerprint density at radius 2 is 1.79 bits per heavy atom. The molecular weight excluding hydrogens is 244 g/mol. The van der Waals surface area contributed by atoms with Gasteiger partial charge in [-0.3, -0.25) is 0 Å². The van der Waals surface area contributed by atoms with E-state index in [1.54, 1.807) is 21.3 Å². The number of nitrogens with zero attached hydrogens (tertiary/aromatic N) is 1. The molecule has 1 unspecified atom stereocenters. The second kappa shape index (κ2) is 6.98. The molecule has 5 nitrogen and oxygen atoms in total. The number of rotatable bonds is 7. The molecule has 0 aromatic heterocycles. The second-order valence-corrected chi connectivity index (χ2v) is 4.40. The van der Waals surface area contributed by atoms with Crippen LogP contribution in [-0.2, 0) is 9.47 Å². The zero-order valence-corrected chi connectivity index (χ0v) is 11.8. The zero-order chi connectivity index (χ0) is 14.3. The maximum atomic E-state index is 9.34. The summed E-state index contributed by atoms with van der Waals surface area (Å²) in [5.41, 5.74) is 0.0708. The molecular formula is C14H20N2O3. The lowest BCUT2D eigenvalue weighted by atomic mass is 9.99. The molecule has 1 aromatic rings. The third-order valence-corrected chi connectivity index (χ3v) is 2.86. The van der Waals surface area contributed by atoms with E-state index in [-0.39, 0.29) is 0 Å². The van der Waals surface area contributed by atoms with Gasteiger partial charge in [0.05, 0.1) is 13.2 Å². The number of nitriles is 1. The van der Waals surface area contributed by atoms with Crippen LogP contribution in [-0.4, -0.2) is 33.2 Å². The third-order valence-electron chi connectivity index (χ3n) is 2.86. The van der Waals surface area contributed by atoms with Crippen molar-refractivity contribution in [2.75, 3.05) is 26.6 Å². The monoisotopic (exact) mass is 264 g/mol. The first-order valence-corrected chi connectivity index (χ1v) is 5.96. The Balaban J connectivity index is 2.76. The van der Waals surface area contributed by atoms with Crippen LogP contribution in [0.25, 0.3) is 0 Å². The second-order valence-electron chi connectivity index (χ2n) is 4.40. The maximum Gasteiger partial charge on any atom is 0.160 e. The molecule has 0 aliphatic heterocycles. The van der Waals surface area contributed by atoms with Crippen LogP contribution in [0.4, 0.5) is 5.69 Å². The van der Waals surface area contributed by atoms with Gasteiger partial charge >= 0.3 is 0 Å². The SMILES string of the molecule is COc1ccc(NC(C)(C#N)CC(OC)OC)cc1. The molecule has 0 fully saturated rings. The predicted octanol–water partition coefficient (Wildman–Crippen LogP) is 2.40. The summed E-state index contributed by atoms with van der Waals surface area (Å²) in [5, 5.41) is 12.5. The number of anilines is 1.